The zero-order chi connectivity index (χ0) is 11.7. The minimum Gasteiger partial charge on any atom is -0.394 e. The summed E-state index contributed by atoms with van der Waals surface area (Å²) >= 11 is 4.93. The average Bonchev–Trinajstić information content (AvgIpc) is 2.60. The molecule has 2 aliphatic heterocycles. The molecule has 2 N–H and O–H groups in total. The first-order valence-electron chi connectivity index (χ1n) is 4.98. The van der Waals surface area contributed by atoms with Crippen LogP contribution in [0, 0.1) is 0 Å². The van der Waals surface area contributed by atoms with E-state index in [-0.39, 0.29) is 13.0 Å². The van der Waals surface area contributed by atoms with E-state index in [0.29, 0.717) is 10.8 Å². The van der Waals surface area contributed by atoms with E-state index in [2.05, 4.69) is 11.9 Å². The molecule has 0 aromatic heterocycles. The van der Waals surface area contributed by atoms with E-state index in [0.717, 1.165) is 0 Å². The number of aliphatic hydroxyl groups is 1. The molecule has 2 heterocycles. The average molecular weight is 244 g/mol. The second-order valence-electron chi connectivity index (χ2n) is 3.74. The zero-order valence-corrected chi connectivity index (χ0v) is 9.41. The van der Waals surface area contributed by atoms with Crippen LogP contribution in [0.4, 0.5) is 4.39 Å². The molecule has 88 valence electrons. The highest BCUT2D eigenvalue weighted by molar-refractivity contribution is 7.80. The lowest BCUT2D eigenvalue weighted by Gasteiger charge is -2.32. The van der Waals surface area contributed by atoms with Gasteiger partial charge in [-0.15, -0.1) is 0 Å². The monoisotopic (exact) mass is 244 g/mol. The van der Waals surface area contributed by atoms with Crippen LogP contribution in [-0.4, -0.2) is 40.1 Å². The van der Waals surface area contributed by atoms with Crippen molar-refractivity contribution in [1.29, 1.82) is 0 Å². The molecule has 1 fully saturated rings. The van der Waals surface area contributed by atoms with Gasteiger partial charge in [0.15, 0.2) is 6.23 Å². The number of nitrogens with zero attached hydrogens (tertiary/aromatic N) is 1. The molecule has 0 aromatic rings. The standard InChI is InChI=1S/C10H13FN2O2S/c1-6-12-9(16)2-3-13(6)10-8(11)4-7(5-14)15-10/h2-3,7-8,10,14H,1,4-5H2,(H,12,16). The maximum atomic E-state index is 13.7. The number of hydrogen-bond donors (Lipinski definition) is 2. The summed E-state index contributed by atoms with van der Waals surface area (Å²) in [5.74, 6) is 0.485. The van der Waals surface area contributed by atoms with Crippen LogP contribution in [0.15, 0.2) is 24.7 Å². The van der Waals surface area contributed by atoms with E-state index in [1.54, 1.807) is 17.2 Å². The normalized spacial score (nSPS) is 34.4. The van der Waals surface area contributed by atoms with Crippen LogP contribution in [0.3, 0.4) is 0 Å². The third-order valence-electron chi connectivity index (χ3n) is 2.57. The predicted octanol–water partition coefficient (Wildman–Crippen LogP) is 0.649. The Hall–Kier alpha value is -0.980. The number of halogens is 1. The highest BCUT2D eigenvalue weighted by atomic mass is 32.1. The van der Waals surface area contributed by atoms with E-state index < -0.39 is 18.5 Å². The fraction of sp³-hybridized carbons (Fsp3) is 0.500. The summed E-state index contributed by atoms with van der Waals surface area (Å²) in [4.78, 5) is 2.09. The Bertz CT molecular complexity index is 348. The molecule has 3 atom stereocenters. The fourth-order valence-electron chi connectivity index (χ4n) is 1.79. The summed E-state index contributed by atoms with van der Waals surface area (Å²) in [5.41, 5.74) is 0. The van der Waals surface area contributed by atoms with Crippen LogP contribution in [0.1, 0.15) is 6.42 Å². The first-order chi connectivity index (χ1) is 7.61. The van der Waals surface area contributed by atoms with E-state index in [1.807, 2.05) is 0 Å². The van der Waals surface area contributed by atoms with Gasteiger partial charge in [0.2, 0.25) is 0 Å². The molecule has 0 bridgehead atoms. The molecule has 1 saturated heterocycles. The van der Waals surface area contributed by atoms with Crippen molar-refractivity contribution >= 4 is 17.2 Å². The van der Waals surface area contributed by atoms with Crippen LogP contribution in [0.5, 0.6) is 0 Å². The Balaban J connectivity index is 2.10. The van der Waals surface area contributed by atoms with Gasteiger partial charge in [0, 0.05) is 12.6 Å². The maximum absolute atomic E-state index is 13.7. The summed E-state index contributed by atoms with van der Waals surface area (Å²) in [6.45, 7) is 3.57. The zero-order valence-electron chi connectivity index (χ0n) is 8.60. The largest absolute Gasteiger partial charge is 0.394 e. The number of nitrogens with one attached hydrogen (secondary N) is 1. The number of hydrogen-bond acceptors (Lipinski definition) is 4. The quantitative estimate of drug-likeness (QED) is 0.698. The van der Waals surface area contributed by atoms with Gasteiger partial charge >= 0.3 is 0 Å². The molecule has 16 heavy (non-hydrogen) atoms. The van der Waals surface area contributed by atoms with Gasteiger partial charge in [-0.1, -0.05) is 18.8 Å². The van der Waals surface area contributed by atoms with Gasteiger partial charge in [0.05, 0.1) is 12.7 Å². The van der Waals surface area contributed by atoms with Gasteiger partial charge in [-0.05, 0) is 6.08 Å². The first kappa shape index (κ1) is 11.5. The second-order valence-corrected chi connectivity index (χ2v) is 4.18. The van der Waals surface area contributed by atoms with Crippen molar-refractivity contribution in [2.24, 2.45) is 0 Å². The summed E-state index contributed by atoms with van der Waals surface area (Å²) < 4.78 is 19.0. The summed E-state index contributed by atoms with van der Waals surface area (Å²) in [6, 6.07) is 0. The van der Waals surface area contributed by atoms with Crippen molar-refractivity contribution in [2.75, 3.05) is 6.61 Å². The smallest absolute Gasteiger partial charge is 0.167 e. The van der Waals surface area contributed by atoms with Gasteiger partial charge < -0.3 is 20.1 Å². The van der Waals surface area contributed by atoms with Crippen molar-refractivity contribution in [1.82, 2.24) is 10.2 Å². The molecule has 4 nitrogen and oxygen atoms in total. The predicted molar refractivity (Wildman–Crippen MR) is 61.1 cm³/mol. The van der Waals surface area contributed by atoms with Crippen molar-refractivity contribution in [3.05, 3.63) is 24.7 Å². The molecule has 0 amide bonds. The molecule has 6 heteroatoms. The lowest BCUT2D eigenvalue weighted by molar-refractivity contribution is -0.0562. The second kappa shape index (κ2) is 4.48. The molecule has 0 radical (unpaired) electrons. The number of aliphatic hydroxyl groups excluding tert-OH is 1. The minimum absolute atomic E-state index is 0.174. The Morgan fingerprint density at radius 3 is 3.06 bits per heavy atom. The van der Waals surface area contributed by atoms with Crippen molar-refractivity contribution in [3.8, 4) is 0 Å². The molecule has 2 rings (SSSR count). The van der Waals surface area contributed by atoms with Gasteiger partial charge in [-0.25, -0.2) is 4.39 Å². The third-order valence-corrected chi connectivity index (χ3v) is 2.81. The summed E-state index contributed by atoms with van der Waals surface area (Å²) in [5, 5.41) is 11.7. The number of ether oxygens (including phenoxy) is 1. The van der Waals surface area contributed by atoms with Gasteiger partial charge in [0.25, 0.3) is 0 Å². The number of alkyl halides is 1. The van der Waals surface area contributed by atoms with Gasteiger partial charge in [-0.3, -0.25) is 0 Å². The SMILES string of the molecule is C=C1NC(=S)C=CN1C1OC(CO)CC1F. The highest BCUT2D eigenvalue weighted by Gasteiger charge is 2.39. The fourth-order valence-corrected chi connectivity index (χ4v) is 1.97. The topological polar surface area (TPSA) is 44.7 Å². The summed E-state index contributed by atoms with van der Waals surface area (Å²) in [7, 11) is 0. The highest BCUT2D eigenvalue weighted by Crippen LogP contribution is 2.28. The Kier molecular flexibility index (Phi) is 3.22. The minimum atomic E-state index is -1.15. The molecule has 0 spiro atoms. The lowest BCUT2D eigenvalue weighted by atomic mass is 10.2. The molecule has 0 aliphatic carbocycles. The third kappa shape index (κ3) is 2.09. The molecule has 0 saturated carbocycles. The summed E-state index contributed by atoms with van der Waals surface area (Å²) in [6.07, 6.45) is 1.15. The van der Waals surface area contributed by atoms with Crippen LogP contribution < -0.4 is 5.32 Å². The first-order valence-corrected chi connectivity index (χ1v) is 5.39. The Morgan fingerprint density at radius 1 is 1.75 bits per heavy atom. The Labute approximate surface area is 98.4 Å². The van der Waals surface area contributed by atoms with Crippen LogP contribution in [-0.2, 0) is 4.74 Å². The van der Waals surface area contributed by atoms with E-state index in [9.17, 15) is 4.39 Å². The van der Waals surface area contributed by atoms with Crippen LogP contribution in [0.25, 0.3) is 0 Å². The molecule has 3 unspecified atom stereocenters. The molecule has 2 aliphatic rings. The Morgan fingerprint density at radius 2 is 2.50 bits per heavy atom. The number of thiocarbonyl (C=S) groups is 1. The van der Waals surface area contributed by atoms with Crippen molar-refractivity contribution < 1.29 is 14.2 Å². The number of rotatable bonds is 2. The molecule has 0 aromatic carbocycles. The van der Waals surface area contributed by atoms with E-state index >= 15 is 0 Å². The lowest BCUT2D eigenvalue weighted by Crippen LogP contribution is -2.43. The van der Waals surface area contributed by atoms with E-state index in [1.165, 1.54) is 0 Å². The van der Waals surface area contributed by atoms with Crippen LogP contribution in [0.2, 0.25) is 0 Å². The van der Waals surface area contributed by atoms with Gasteiger partial charge in [0.1, 0.15) is 17.0 Å². The van der Waals surface area contributed by atoms with Gasteiger partial charge in [-0.2, -0.15) is 0 Å². The van der Waals surface area contributed by atoms with Crippen molar-refractivity contribution in [2.45, 2.75) is 24.9 Å². The molecular weight excluding hydrogens is 231 g/mol. The van der Waals surface area contributed by atoms with Crippen LogP contribution >= 0.6 is 12.2 Å². The van der Waals surface area contributed by atoms with Crippen molar-refractivity contribution in [3.63, 3.8) is 0 Å². The maximum Gasteiger partial charge on any atom is 0.167 e. The molecular formula is C10H13FN2O2S. The van der Waals surface area contributed by atoms with E-state index in [4.69, 9.17) is 22.1 Å².